The Hall–Kier alpha value is -1.89. The van der Waals surface area contributed by atoms with Gasteiger partial charge in [0.05, 0.1) is 18.2 Å². The monoisotopic (exact) mass is 315 g/mol. The normalized spacial score (nSPS) is 11.4. The topological polar surface area (TPSA) is 95.7 Å². The number of hydrogen-bond acceptors (Lipinski definition) is 5. The smallest absolute Gasteiger partial charge is 0.340 e. The summed E-state index contributed by atoms with van der Waals surface area (Å²) in [5.41, 5.74) is 4.98. The van der Waals surface area contributed by atoms with Gasteiger partial charge in [-0.3, -0.25) is 4.79 Å². The molecule has 0 aliphatic heterocycles. The van der Waals surface area contributed by atoms with Crippen molar-refractivity contribution < 1.29 is 23.9 Å². The van der Waals surface area contributed by atoms with Crippen LogP contribution < -0.4 is 5.73 Å². The van der Waals surface area contributed by atoms with Crippen molar-refractivity contribution in [2.24, 2.45) is 5.73 Å². The summed E-state index contributed by atoms with van der Waals surface area (Å²) in [6.45, 7) is 0. The molecule has 1 amide bonds. The van der Waals surface area contributed by atoms with Crippen LogP contribution in [-0.2, 0) is 14.3 Å². The zero-order valence-electron chi connectivity index (χ0n) is 9.38. The van der Waals surface area contributed by atoms with Crippen LogP contribution in [0, 0.1) is 0 Å². The lowest BCUT2D eigenvalue weighted by Crippen LogP contribution is -2.28. The number of hydrogen-bond donors (Lipinski definition) is 1. The molecule has 0 saturated heterocycles. The second-order valence-corrected chi connectivity index (χ2v) is 3.99. The Kier molecular flexibility index (Phi) is 4.85. The SMILES string of the molecule is COC(=O)c1ccccc1C(=O)OC(Br)C(N)=O. The highest BCUT2D eigenvalue weighted by molar-refractivity contribution is 9.09. The van der Waals surface area contributed by atoms with Crippen LogP contribution in [0.1, 0.15) is 20.7 Å². The van der Waals surface area contributed by atoms with Gasteiger partial charge in [0, 0.05) is 0 Å². The summed E-state index contributed by atoms with van der Waals surface area (Å²) in [5, 5.41) is -1.25. The lowest BCUT2D eigenvalue weighted by Gasteiger charge is -2.10. The fourth-order valence-electron chi connectivity index (χ4n) is 1.16. The summed E-state index contributed by atoms with van der Waals surface area (Å²) in [6, 6.07) is 5.92. The standard InChI is InChI=1S/C11H10BrNO5/c1-17-10(15)6-4-2-3-5-7(6)11(16)18-8(12)9(13)14/h2-5,8H,1H3,(H2,13,14). The van der Waals surface area contributed by atoms with Crippen molar-refractivity contribution in [1.29, 1.82) is 0 Å². The summed E-state index contributed by atoms with van der Waals surface area (Å²) in [6.07, 6.45) is 0. The number of primary amides is 1. The minimum atomic E-state index is -1.25. The lowest BCUT2D eigenvalue weighted by molar-refractivity contribution is -0.122. The molecule has 1 atom stereocenters. The van der Waals surface area contributed by atoms with Crippen molar-refractivity contribution in [3.05, 3.63) is 35.4 Å². The van der Waals surface area contributed by atoms with Crippen LogP contribution in [-0.4, -0.2) is 30.0 Å². The van der Waals surface area contributed by atoms with Crippen LogP contribution in [0.3, 0.4) is 0 Å². The fraction of sp³-hybridized carbons (Fsp3) is 0.182. The van der Waals surface area contributed by atoms with Crippen molar-refractivity contribution in [3.8, 4) is 0 Å². The maximum Gasteiger partial charge on any atom is 0.340 e. The average Bonchev–Trinajstić information content (AvgIpc) is 2.37. The molecule has 7 heteroatoms. The van der Waals surface area contributed by atoms with Gasteiger partial charge in [-0.1, -0.05) is 12.1 Å². The number of methoxy groups -OCH3 is 1. The van der Waals surface area contributed by atoms with Gasteiger partial charge in [0.15, 0.2) is 0 Å². The van der Waals surface area contributed by atoms with E-state index in [4.69, 9.17) is 10.5 Å². The highest BCUT2D eigenvalue weighted by atomic mass is 79.9. The molecule has 0 aromatic heterocycles. The van der Waals surface area contributed by atoms with Gasteiger partial charge >= 0.3 is 11.9 Å². The number of ether oxygens (including phenoxy) is 2. The molecule has 1 aromatic rings. The van der Waals surface area contributed by atoms with Crippen LogP contribution >= 0.6 is 15.9 Å². The van der Waals surface area contributed by atoms with E-state index in [0.717, 1.165) is 0 Å². The quantitative estimate of drug-likeness (QED) is 0.656. The number of amides is 1. The van der Waals surface area contributed by atoms with Gasteiger partial charge in [0.2, 0.25) is 5.01 Å². The minimum absolute atomic E-state index is 0.00458. The van der Waals surface area contributed by atoms with Crippen molar-refractivity contribution in [2.45, 2.75) is 5.01 Å². The fourth-order valence-corrected chi connectivity index (χ4v) is 1.33. The molecule has 0 saturated carbocycles. The Morgan fingerprint density at radius 3 is 2.11 bits per heavy atom. The highest BCUT2D eigenvalue weighted by Gasteiger charge is 2.22. The van der Waals surface area contributed by atoms with Crippen molar-refractivity contribution in [2.75, 3.05) is 7.11 Å². The first-order valence-electron chi connectivity index (χ1n) is 4.79. The molecule has 1 rings (SSSR count). The van der Waals surface area contributed by atoms with Crippen LogP contribution in [0.15, 0.2) is 24.3 Å². The van der Waals surface area contributed by atoms with Crippen LogP contribution in [0.5, 0.6) is 0 Å². The number of benzene rings is 1. The molecular weight excluding hydrogens is 306 g/mol. The summed E-state index contributed by atoms with van der Waals surface area (Å²) >= 11 is 2.78. The molecule has 1 unspecified atom stereocenters. The third-order valence-electron chi connectivity index (χ3n) is 1.99. The zero-order chi connectivity index (χ0) is 13.7. The summed E-state index contributed by atoms with van der Waals surface area (Å²) in [4.78, 5) is 33.9. The third-order valence-corrected chi connectivity index (χ3v) is 2.62. The summed E-state index contributed by atoms with van der Waals surface area (Å²) < 4.78 is 9.26. The molecule has 6 nitrogen and oxygen atoms in total. The van der Waals surface area contributed by atoms with Gasteiger partial charge in [-0.2, -0.15) is 0 Å². The van der Waals surface area contributed by atoms with Crippen LogP contribution in [0.4, 0.5) is 0 Å². The summed E-state index contributed by atoms with van der Waals surface area (Å²) in [5.74, 6) is -2.37. The first kappa shape index (κ1) is 14.2. The van der Waals surface area contributed by atoms with Gasteiger partial charge in [-0.05, 0) is 28.1 Å². The molecule has 0 heterocycles. The van der Waals surface area contributed by atoms with E-state index in [0.29, 0.717) is 0 Å². The number of carbonyl (C=O) groups excluding carboxylic acids is 3. The maximum atomic E-state index is 11.7. The van der Waals surface area contributed by atoms with E-state index in [-0.39, 0.29) is 11.1 Å². The number of halogens is 1. The predicted octanol–water partition coefficient (Wildman–Crippen LogP) is 0.836. The van der Waals surface area contributed by atoms with Gasteiger partial charge in [0.1, 0.15) is 0 Å². The van der Waals surface area contributed by atoms with E-state index in [2.05, 4.69) is 20.7 Å². The number of esters is 2. The lowest BCUT2D eigenvalue weighted by atomic mass is 10.1. The Morgan fingerprint density at radius 1 is 1.17 bits per heavy atom. The van der Waals surface area contributed by atoms with E-state index in [9.17, 15) is 14.4 Å². The van der Waals surface area contributed by atoms with Gasteiger partial charge < -0.3 is 15.2 Å². The molecule has 0 fully saturated rings. The van der Waals surface area contributed by atoms with Crippen molar-refractivity contribution in [3.63, 3.8) is 0 Å². The Morgan fingerprint density at radius 2 is 1.67 bits per heavy atom. The first-order valence-corrected chi connectivity index (χ1v) is 5.70. The molecule has 2 N–H and O–H groups in total. The second kappa shape index (κ2) is 6.15. The molecular formula is C11H10BrNO5. The highest BCUT2D eigenvalue weighted by Crippen LogP contribution is 2.14. The molecule has 1 aromatic carbocycles. The van der Waals surface area contributed by atoms with E-state index in [1.54, 1.807) is 12.1 Å². The Labute approximate surface area is 111 Å². The molecule has 0 bridgehead atoms. The molecule has 18 heavy (non-hydrogen) atoms. The molecule has 0 aliphatic rings. The van der Waals surface area contributed by atoms with Crippen molar-refractivity contribution >= 4 is 33.8 Å². The zero-order valence-corrected chi connectivity index (χ0v) is 11.0. The molecule has 96 valence electrons. The Bertz CT molecular complexity index is 488. The van der Waals surface area contributed by atoms with Crippen LogP contribution in [0.25, 0.3) is 0 Å². The van der Waals surface area contributed by atoms with Gasteiger partial charge in [-0.15, -0.1) is 0 Å². The molecule has 0 radical (unpaired) electrons. The second-order valence-electron chi connectivity index (χ2n) is 3.16. The number of alkyl halides is 1. The Balaban J connectivity index is 2.99. The molecule has 0 aliphatic carbocycles. The van der Waals surface area contributed by atoms with E-state index in [1.165, 1.54) is 19.2 Å². The van der Waals surface area contributed by atoms with Gasteiger partial charge in [-0.25, -0.2) is 9.59 Å². The van der Waals surface area contributed by atoms with Crippen molar-refractivity contribution in [1.82, 2.24) is 0 Å². The van der Waals surface area contributed by atoms with Gasteiger partial charge in [0.25, 0.3) is 5.91 Å². The van der Waals surface area contributed by atoms with Crippen LogP contribution in [0.2, 0.25) is 0 Å². The first-order chi connectivity index (χ1) is 8.47. The number of nitrogens with two attached hydrogens (primary N) is 1. The average molecular weight is 316 g/mol. The van der Waals surface area contributed by atoms with E-state index < -0.39 is 22.9 Å². The number of carbonyl (C=O) groups is 3. The third kappa shape index (κ3) is 3.30. The minimum Gasteiger partial charge on any atom is -0.465 e. The largest absolute Gasteiger partial charge is 0.465 e. The van der Waals surface area contributed by atoms with E-state index >= 15 is 0 Å². The maximum absolute atomic E-state index is 11.7. The summed E-state index contributed by atoms with van der Waals surface area (Å²) in [7, 11) is 1.20. The molecule has 0 spiro atoms. The number of rotatable bonds is 4. The van der Waals surface area contributed by atoms with E-state index in [1.807, 2.05) is 0 Å². The predicted molar refractivity (Wildman–Crippen MR) is 65.1 cm³/mol.